The standard InChI is InChI=1S/C20H24N4O2/c1-20(2,3)26-19(25)22-12-13-6-5-7-14(10-13)15-8-9-17-16(11-15)18(21)23-24(17)4/h5-11H,12H2,1-4H3,(H2,21,23)(H,22,25). The molecule has 1 aromatic heterocycles. The highest BCUT2D eigenvalue weighted by Crippen LogP contribution is 2.27. The molecule has 0 radical (unpaired) electrons. The van der Waals surface area contributed by atoms with Crippen LogP contribution >= 0.6 is 0 Å². The van der Waals surface area contributed by atoms with E-state index < -0.39 is 11.7 Å². The highest BCUT2D eigenvalue weighted by molar-refractivity contribution is 5.92. The highest BCUT2D eigenvalue weighted by atomic mass is 16.6. The lowest BCUT2D eigenvalue weighted by atomic mass is 10.0. The Morgan fingerprint density at radius 1 is 1.19 bits per heavy atom. The van der Waals surface area contributed by atoms with Gasteiger partial charge < -0.3 is 15.8 Å². The summed E-state index contributed by atoms with van der Waals surface area (Å²) in [5.41, 5.74) is 9.58. The van der Waals surface area contributed by atoms with E-state index >= 15 is 0 Å². The molecule has 6 heteroatoms. The van der Waals surface area contributed by atoms with E-state index in [0.29, 0.717) is 12.4 Å². The second-order valence-corrected chi connectivity index (χ2v) is 7.30. The van der Waals surface area contributed by atoms with Gasteiger partial charge in [0.05, 0.1) is 5.52 Å². The summed E-state index contributed by atoms with van der Waals surface area (Å²) in [5, 5.41) is 7.97. The number of aromatic nitrogens is 2. The van der Waals surface area contributed by atoms with Crippen molar-refractivity contribution in [2.24, 2.45) is 7.05 Å². The van der Waals surface area contributed by atoms with Crippen molar-refractivity contribution >= 4 is 22.8 Å². The number of carbonyl (C=O) groups excluding carboxylic acids is 1. The molecule has 136 valence electrons. The van der Waals surface area contributed by atoms with Gasteiger partial charge in [-0.1, -0.05) is 24.3 Å². The number of rotatable bonds is 3. The van der Waals surface area contributed by atoms with Gasteiger partial charge in [0.2, 0.25) is 0 Å². The molecule has 0 aliphatic carbocycles. The minimum Gasteiger partial charge on any atom is -0.444 e. The predicted molar refractivity (Wildman–Crippen MR) is 104 cm³/mol. The van der Waals surface area contributed by atoms with Crippen molar-refractivity contribution in [2.75, 3.05) is 5.73 Å². The number of fused-ring (bicyclic) bond motifs is 1. The Morgan fingerprint density at radius 2 is 1.92 bits per heavy atom. The molecule has 1 heterocycles. The Labute approximate surface area is 152 Å². The molecule has 0 atom stereocenters. The largest absolute Gasteiger partial charge is 0.444 e. The second kappa shape index (κ2) is 6.71. The number of ether oxygens (including phenoxy) is 1. The zero-order chi connectivity index (χ0) is 18.9. The van der Waals surface area contributed by atoms with Gasteiger partial charge in [-0.3, -0.25) is 4.68 Å². The number of hydrogen-bond donors (Lipinski definition) is 2. The average Bonchev–Trinajstić information content (AvgIpc) is 2.86. The maximum atomic E-state index is 11.8. The van der Waals surface area contributed by atoms with E-state index in [4.69, 9.17) is 10.5 Å². The summed E-state index contributed by atoms with van der Waals surface area (Å²) < 4.78 is 7.04. The van der Waals surface area contributed by atoms with Gasteiger partial charge in [0.1, 0.15) is 5.60 Å². The number of alkyl carbamates (subject to hydrolysis) is 1. The third-order valence-corrected chi connectivity index (χ3v) is 3.97. The van der Waals surface area contributed by atoms with E-state index in [9.17, 15) is 4.79 Å². The van der Waals surface area contributed by atoms with Crippen molar-refractivity contribution in [3.8, 4) is 11.1 Å². The van der Waals surface area contributed by atoms with Crippen molar-refractivity contribution in [2.45, 2.75) is 32.9 Å². The molecule has 3 rings (SSSR count). The molecule has 0 aliphatic heterocycles. The molecule has 0 saturated carbocycles. The first kappa shape index (κ1) is 17.8. The number of anilines is 1. The van der Waals surface area contributed by atoms with Crippen LogP contribution in [0.1, 0.15) is 26.3 Å². The molecule has 0 unspecified atom stereocenters. The lowest BCUT2D eigenvalue weighted by molar-refractivity contribution is 0.0523. The summed E-state index contributed by atoms with van der Waals surface area (Å²) in [5.74, 6) is 0.520. The van der Waals surface area contributed by atoms with Crippen LogP contribution < -0.4 is 11.1 Å². The summed E-state index contributed by atoms with van der Waals surface area (Å²) >= 11 is 0. The molecule has 1 amide bonds. The predicted octanol–water partition coefficient (Wildman–Crippen LogP) is 3.85. The fourth-order valence-corrected chi connectivity index (χ4v) is 2.82. The molecule has 2 aromatic carbocycles. The van der Waals surface area contributed by atoms with E-state index in [1.54, 1.807) is 4.68 Å². The zero-order valence-corrected chi connectivity index (χ0v) is 15.5. The third kappa shape index (κ3) is 3.96. The van der Waals surface area contributed by atoms with Crippen molar-refractivity contribution in [3.05, 3.63) is 48.0 Å². The number of benzene rings is 2. The summed E-state index contributed by atoms with van der Waals surface area (Å²) in [7, 11) is 1.88. The van der Waals surface area contributed by atoms with Crippen molar-refractivity contribution in [3.63, 3.8) is 0 Å². The smallest absolute Gasteiger partial charge is 0.407 e. The molecule has 0 aliphatic rings. The second-order valence-electron chi connectivity index (χ2n) is 7.30. The molecule has 0 fully saturated rings. The van der Waals surface area contributed by atoms with Crippen LogP contribution in [0, 0.1) is 0 Å². The van der Waals surface area contributed by atoms with Gasteiger partial charge in [-0.2, -0.15) is 5.10 Å². The van der Waals surface area contributed by atoms with Gasteiger partial charge in [0.15, 0.2) is 5.82 Å². The van der Waals surface area contributed by atoms with Gasteiger partial charge in [0, 0.05) is 19.0 Å². The number of amides is 1. The maximum absolute atomic E-state index is 11.8. The molecule has 3 aromatic rings. The van der Waals surface area contributed by atoms with Crippen LogP contribution in [-0.2, 0) is 18.3 Å². The number of carbonyl (C=O) groups is 1. The number of aryl methyl sites for hydroxylation is 1. The number of nitrogen functional groups attached to an aromatic ring is 1. The van der Waals surface area contributed by atoms with Gasteiger partial charge in [-0.25, -0.2) is 4.79 Å². The number of hydrogen-bond acceptors (Lipinski definition) is 4. The first-order valence-electron chi connectivity index (χ1n) is 8.51. The summed E-state index contributed by atoms with van der Waals surface area (Å²) in [6, 6.07) is 14.1. The maximum Gasteiger partial charge on any atom is 0.407 e. The Kier molecular flexibility index (Phi) is 4.59. The Balaban J connectivity index is 1.79. The third-order valence-electron chi connectivity index (χ3n) is 3.97. The van der Waals surface area contributed by atoms with E-state index in [0.717, 1.165) is 27.6 Å². The van der Waals surface area contributed by atoms with Crippen molar-refractivity contribution < 1.29 is 9.53 Å². The van der Waals surface area contributed by atoms with Crippen LogP contribution in [0.2, 0.25) is 0 Å². The fourth-order valence-electron chi connectivity index (χ4n) is 2.82. The van der Waals surface area contributed by atoms with Crippen LogP contribution in [0.15, 0.2) is 42.5 Å². The van der Waals surface area contributed by atoms with Crippen LogP contribution in [0.4, 0.5) is 10.6 Å². The van der Waals surface area contributed by atoms with Gasteiger partial charge in [-0.15, -0.1) is 0 Å². The molecular weight excluding hydrogens is 328 g/mol. The monoisotopic (exact) mass is 352 g/mol. The summed E-state index contributed by atoms with van der Waals surface area (Å²) in [6.45, 7) is 5.93. The molecule has 0 spiro atoms. The van der Waals surface area contributed by atoms with Gasteiger partial charge in [-0.05, 0) is 55.7 Å². The van der Waals surface area contributed by atoms with Gasteiger partial charge in [0.25, 0.3) is 0 Å². The molecular formula is C20H24N4O2. The first-order chi connectivity index (χ1) is 12.2. The minimum absolute atomic E-state index is 0.403. The Bertz CT molecular complexity index is 954. The number of nitrogens with two attached hydrogens (primary N) is 1. The molecule has 3 N–H and O–H groups in total. The quantitative estimate of drug-likeness (QED) is 0.750. The topological polar surface area (TPSA) is 82.2 Å². The van der Waals surface area contributed by atoms with Crippen LogP contribution in [0.25, 0.3) is 22.0 Å². The Hall–Kier alpha value is -3.02. The molecule has 6 nitrogen and oxygen atoms in total. The van der Waals surface area contributed by atoms with E-state index in [-0.39, 0.29) is 0 Å². The first-order valence-corrected chi connectivity index (χ1v) is 8.51. The van der Waals surface area contributed by atoms with Crippen molar-refractivity contribution in [1.29, 1.82) is 0 Å². The van der Waals surface area contributed by atoms with E-state index in [1.165, 1.54) is 0 Å². The minimum atomic E-state index is -0.509. The van der Waals surface area contributed by atoms with E-state index in [2.05, 4.69) is 10.4 Å². The zero-order valence-electron chi connectivity index (χ0n) is 15.5. The lowest BCUT2D eigenvalue weighted by Crippen LogP contribution is -2.32. The van der Waals surface area contributed by atoms with Crippen LogP contribution in [0.5, 0.6) is 0 Å². The van der Waals surface area contributed by atoms with Crippen LogP contribution in [0.3, 0.4) is 0 Å². The number of nitrogens with zero attached hydrogens (tertiary/aromatic N) is 2. The average molecular weight is 352 g/mol. The summed E-state index contributed by atoms with van der Waals surface area (Å²) in [4.78, 5) is 11.8. The molecule has 0 saturated heterocycles. The van der Waals surface area contributed by atoms with E-state index in [1.807, 2.05) is 70.3 Å². The summed E-state index contributed by atoms with van der Waals surface area (Å²) in [6.07, 6.45) is -0.424. The normalized spacial score (nSPS) is 11.5. The lowest BCUT2D eigenvalue weighted by Gasteiger charge is -2.19. The Morgan fingerprint density at radius 3 is 2.65 bits per heavy atom. The highest BCUT2D eigenvalue weighted by Gasteiger charge is 2.15. The van der Waals surface area contributed by atoms with Gasteiger partial charge >= 0.3 is 6.09 Å². The van der Waals surface area contributed by atoms with Crippen LogP contribution in [-0.4, -0.2) is 21.5 Å². The van der Waals surface area contributed by atoms with Crippen molar-refractivity contribution in [1.82, 2.24) is 15.1 Å². The fraction of sp³-hybridized carbons (Fsp3) is 0.300. The SMILES string of the molecule is Cn1nc(N)c2cc(-c3cccc(CNC(=O)OC(C)(C)C)c3)ccc21. The number of nitrogens with one attached hydrogen (secondary N) is 1. The molecule has 26 heavy (non-hydrogen) atoms. The molecule has 0 bridgehead atoms.